The summed E-state index contributed by atoms with van der Waals surface area (Å²) in [6.45, 7) is 0. The molecular formula is C24H31OP. The van der Waals surface area contributed by atoms with Crippen molar-refractivity contribution < 1.29 is 5.11 Å². The number of rotatable bonds is 4. The predicted octanol–water partition coefficient (Wildman–Crippen LogP) is 6.83. The van der Waals surface area contributed by atoms with Gasteiger partial charge in [-0.25, -0.2) is 0 Å². The Hall–Kier alpha value is -1.33. The molecule has 2 aliphatic carbocycles. The van der Waals surface area contributed by atoms with E-state index in [1.807, 2.05) is 12.1 Å². The SMILES string of the molecule is Oc1ccccc1-c1ccccc1P(C1CCCCC1)C1CCCCC1. The Morgan fingerprint density at radius 2 is 1.12 bits per heavy atom. The fourth-order valence-electron chi connectivity index (χ4n) is 5.04. The molecule has 26 heavy (non-hydrogen) atoms. The second kappa shape index (κ2) is 8.57. The Morgan fingerprint density at radius 3 is 1.69 bits per heavy atom. The van der Waals surface area contributed by atoms with Gasteiger partial charge in [0.2, 0.25) is 0 Å². The van der Waals surface area contributed by atoms with Gasteiger partial charge < -0.3 is 5.11 Å². The Balaban J connectivity index is 1.77. The van der Waals surface area contributed by atoms with Gasteiger partial charge in [-0.05, 0) is 53.9 Å². The van der Waals surface area contributed by atoms with Crippen molar-refractivity contribution in [1.29, 1.82) is 0 Å². The average molecular weight is 366 g/mol. The van der Waals surface area contributed by atoms with Crippen molar-refractivity contribution in [2.24, 2.45) is 0 Å². The van der Waals surface area contributed by atoms with Gasteiger partial charge in [-0.15, -0.1) is 0 Å². The molecule has 0 spiro atoms. The van der Waals surface area contributed by atoms with E-state index in [2.05, 4.69) is 36.4 Å². The third-order valence-corrected chi connectivity index (χ3v) is 9.87. The monoisotopic (exact) mass is 366 g/mol. The van der Waals surface area contributed by atoms with Crippen LogP contribution in [0.4, 0.5) is 0 Å². The normalized spacial score (nSPS) is 19.7. The Kier molecular flexibility index (Phi) is 5.95. The molecule has 0 heterocycles. The minimum atomic E-state index is -0.160. The van der Waals surface area contributed by atoms with Crippen LogP contribution in [-0.2, 0) is 0 Å². The first kappa shape index (κ1) is 18.1. The maximum atomic E-state index is 10.5. The molecule has 0 atom stereocenters. The van der Waals surface area contributed by atoms with Gasteiger partial charge in [-0.1, -0.05) is 88.9 Å². The number of hydrogen-bond donors (Lipinski definition) is 1. The van der Waals surface area contributed by atoms with E-state index in [9.17, 15) is 5.11 Å². The third kappa shape index (κ3) is 3.84. The number of aromatic hydroxyl groups is 1. The molecule has 0 aliphatic heterocycles. The Labute approximate surface area is 159 Å². The molecule has 0 bridgehead atoms. The summed E-state index contributed by atoms with van der Waals surface area (Å²) >= 11 is 0. The van der Waals surface area contributed by atoms with E-state index in [0.717, 1.165) is 16.9 Å². The fraction of sp³-hybridized carbons (Fsp3) is 0.500. The number of benzene rings is 2. The van der Waals surface area contributed by atoms with Gasteiger partial charge >= 0.3 is 0 Å². The van der Waals surface area contributed by atoms with Crippen molar-refractivity contribution in [3.63, 3.8) is 0 Å². The minimum absolute atomic E-state index is 0.160. The van der Waals surface area contributed by atoms with Crippen LogP contribution in [0.5, 0.6) is 5.75 Å². The summed E-state index contributed by atoms with van der Waals surface area (Å²) in [5, 5.41) is 12.1. The molecule has 2 fully saturated rings. The largest absolute Gasteiger partial charge is 0.507 e. The summed E-state index contributed by atoms with van der Waals surface area (Å²) in [6.07, 6.45) is 14.1. The minimum Gasteiger partial charge on any atom is -0.507 e. The van der Waals surface area contributed by atoms with E-state index in [4.69, 9.17) is 0 Å². The highest BCUT2D eigenvalue weighted by Gasteiger charge is 2.33. The molecule has 2 saturated carbocycles. The lowest BCUT2D eigenvalue weighted by atomic mass is 9.99. The second-order valence-corrected chi connectivity index (χ2v) is 10.8. The first-order valence-electron chi connectivity index (χ1n) is 10.5. The zero-order chi connectivity index (χ0) is 17.8. The van der Waals surface area contributed by atoms with Crippen LogP contribution in [0.25, 0.3) is 11.1 Å². The maximum Gasteiger partial charge on any atom is 0.123 e. The number of hydrogen-bond acceptors (Lipinski definition) is 1. The van der Waals surface area contributed by atoms with Crippen LogP contribution in [0.15, 0.2) is 48.5 Å². The molecule has 0 radical (unpaired) electrons. The van der Waals surface area contributed by atoms with Crippen LogP contribution < -0.4 is 5.30 Å². The van der Waals surface area contributed by atoms with Gasteiger partial charge in [0, 0.05) is 5.56 Å². The molecule has 1 N–H and O–H groups in total. The van der Waals surface area contributed by atoms with E-state index in [1.54, 1.807) is 5.30 Å². The van der Waals surface area contributed by atoms with Crippen LogP contribution in [0.3, 0.4) is 0 Å². The van der Waals surface area contributed by atoms with Crippen LogP contribution in [0, 0.1) is 0 Å². The zero-order valence-corrected chi connectivity index (χ0v) is 16.6. The van der Waals surface area contributed by atoms with Crippen molar-refractivity contribution in [1.82, 2.24) is 0 Å². The molecule has 2 heteroatoms. The van der Waals surface area contributed by atoms with E-state index >= 15 is 0 Å². The highest BCUT2D eigenvalue weighted by Crippen LogP contribution is 2.56. The lowest BCUT2D eigenvalue weighted by Crippen LogP contribution is -2.27. The van der Waals surface area contributed by atoms with Crippen molar-refractivity contribution in [2.45, 2.75) is 75.5 Å². The Bertz CT molecular complexity index is 696. The summed E-state index contributed by atoms with van der Waals surface area (Å²) in [5.41, 5.74) is 4.07. The summed E-state index contributed by atoms with van der Waals surface area (Å²) in [5.74, 6) is 0.419. The summed E-state index contributed by atoms with van der Waals surface area (Å²) in [7, 11) is -0.160. The van der Waals surface area contributed by atoms with Crippen molar-refractivity contribution >= 4 is 13.2 Å². The third-order valence-electron chi connectivity index (χ3n) is 6.31. The zero-order valence-electron chi connectivity index (χ0n) is 15.7. The van der Waals surface area contributed by atoms with E-state index in [0.29, 0.717) is 5.75 Å². The van der Waals surface area contributed by atoms with E-state index in [-0.39, 0.29) is 7.92 Å². The average Bonchev–Trinajstić information content (AvgIpc) is 2.71. The van der Waals surface area contributed by atoms with Gasteiger partial charge in [0.15, 0.2) is 0 Å². The standard InChI is InChI=1S/C24H31OP/c25-23-17-9-7-15-21(23)22-16-8-10-18-24(22)26(19-11-3-1-4-12-19)20-13-5-2-6-14-20/h7-10,15-20,25H,1-6,11-14H2. The highest BCUT2D eigenvalue weighted by molar-refractivity contribution is 7.67. The second-order valence-electron chi connectivity index (χ2n) is 8.03. The highest BCUT2D eigenvalue weighted by atomic mass is 31.1. The summed E-state index contributed by atoms with van der Waals surface area (Å²) in [6, 6.07) is 16.9. The molecular weight excluding hydrogens is 335 g/mol. The lowest BCUT2D eigenvalue weighted by molar-refractivity contribution is 0.477. The molecule has 2 aromatic rings. The molecule has 1 nitrogen and oxygen atoms in total. The molecule has 2 aliphatic rings. The van der Waals surface area contributed by atoms with Gasteiger partial charge in [0.1, 0.15) is 5.75 Å². The Morgan fingerprint density at radius 1 is 0.615 bits per heavy atom. The topological polar surface area (TPSA) is 20.2 Å². The van der Waals surface area contributed by atoms with E-state index in [1.165, 1.54) is 69.8 Å². The molecule has 0 saturated heterocycles. The quantitative estimate of drug-likeness (QED) is 0.588. The van der Waals surface area contributed by atoms with Gasteiger partial charge in [-0.3, -0.25) is 0 Å². The van der Waals surface area contributed by atoms with Gasteiger partial charge in [0.05, 0.1) is 0 Å². The molecule has 0 amide bonds. The molecule has 0 unspecified atom stereocenters. The van der Waals surface area contributed by atoms with E-state index < -0.39 is 0 Å². The van der Waals surface area contributed by atoms with Crippen molar-refractivity contribution in [3.05, 3.63) is 48.5 Å². The summed E-state index contributed by atoms with van der Waals surface area (Å²) < 4.78 is 0. The number of phenolic OH excluding ortho intramolecular Hbond substituents is 1. The molecule has 4 rings (SSSR count). The summed E-state index contributed by atoms with van der Waals surface area (Å²) in [4.78, 5) is 0. The molecule has 0 aromatic heterocycles. The van der Waals surface area contributed by atoms with Crippen LogP contribution >= 0.6 is 7.92 Å². The van der Waals surface area contributed by atoms with Crippen molar-refractivity contribution in [3.8, 4) is 16.9 Å². The van der Waals surface area contributed by atoms with Crippen LogP contribution in [0.2, 0.25) is 0 Å². The van der Waals surface area contributed by atoms with Crippen LogP contribution in [0.1, 0.15) is 64.2 Å². The molecule has 138 valence electrons. The lowest BCUT2D eigenvalue weighted by Gasteiger charge is -2.39. The molecule has 2 aromatic carbocycles. The smallest absolute Gasteiger partial charge is 0.123 e. The maximum absolute atomic E-state index is 10.5. The number of phenols is 1. The predicted molar refractivity (Wildman–Crippen MR) is 114 cm³/mol. The number of para-hydroxylation sites is 1. The van der Waals surface area contributed by atoms with Crippen LogP contribution in [-0.4, -0.2) is 16.4 Å². The first-order valence-corrected chi connectivity index (χ1v) is 12.0. The van der Waals surface area contributed by atoms with Gasteiger partial charge in [-0.2, -0.15) is 0 Å². The van der Waals surface area contributed by atoms with Crippen molar-refractivity contribution in [2.75, 3.05) is 0 Å². The fourth-order valence-corrected chi connectivity index (χ4v) is 9.00. The van der Waals surface area contributed by atoms with Gasteiger partial charge in [0.25, 0.3) is 0 Å². The first-order chi connectivity index (χ1) is 12.8.